The summed E-state index contributed by atoms with van der Waals surface area (Å²) >= 11 is 6.09. The highest BCUT2D eigenvalue weighted by Crippen LogP contribution is 2.25. The number of carbonyl (C=O) groups is 1. The molecule has 10 nitrogen and oxygen atoms in total. The molecule has 1 aromatic carbocycles. The van der Waals surface area contributed by atoms with Gasteiger partial charge in [0.1, 0.15) is 24.9 Å². The number of amides is 1. The van der Waals surface area contributed by atoms with E-state index in [2.05, 4.69) is 30.7 Å². The number of anilines is 1. The van der Waals surface area contributed by atoms with Crippen molar-refractivity contribution in [2.45, 2.75) is 19.0 Å². The predicted molar refractivity (Wildman–Crippen MR) is 123 cm³/mol. The Kier molecular flexibility index (Phi) is 7.11. The molecule has 3 heterocycles. The Bertz CT molecular complexity index is 1360. The number of halogens is 3. The second-order valence-electron chi connectivity index (χ2n) is 7.37. The fourth-order valence-corrected chi connectivity index (χ4v) is 3.41. The first-order valence-electron chi connectivity index (χ1n) is 10.3. The first-order chi connectivity index (χ1) is 16.8. The SMILES string of the molecule is O=C(Cn1ccnc(NCC(F)(F)c2ccccn2)c1=O)NCc1cc(Cl)ccc1-n1cncn1. The Hall–Kier alpha value is -4.19. The van der Waals surface area contributed by atoms with E-state index in [1.54, 1.807) is 18.2 Å². The maximum atomic E-state index is 14.4. The van der Waals surface area contributed by atoms with Crippen LogP contribution in [0.3, 0.4) is 0 Å². The lowest BCUT2D eigenvalue weighted by molar-refractivity contribution is -0.121. The molecule has 0 saturated carbocycles. The summed E-state index contributed by atoms with van der Waals surface area (Å²) in [5.41, 5.74) is 0.200. The molecule has 0 unspecified atom stereocenters. The van der Waals surface area contributed by atoms with Gasteiger partial charge < -0.3 is 15.2 Å². The number of carbonyl (C=O) groups excluding carboxylic acids is 1. The molecule has 13 heteroatoms. The molecule has 0 saturated heterocycles. The minimum absolute atomic E-state index is 0.107. The predicted octanol–water partition coefficient (Wildman–Crippen LogP) is 2.39. The zero-order chi connectivity index (χ0) is 24.8. The van der Waals surface area contributed by atoms with Crippen LogP contribution in [0.4, 0.5) is 14.6 Å². The van der Waals surface area contributed by atoms with Crippen molar-refractivity contribution in [1.29, 1.82) is 0 Å². The molecule has 0 aliphatic carbocycles. The van der Waals surface area contributed by atoms with Crippen LogP contribution in [0, 0.1) is 0 Å². The van der Waals surface area contributed by atoms with Gasteiger partial charge >= 0.3 is 5.92 Å². The van der Waals surface area contributed by atoms with Gasteiger partial charge in [-0.3, -0.25) is 14.6 Å². The van der Waals surface area contributed by atoms with E-state index in [0.717, 1.165) is 4.57 Å². The molecule has 4 rings (SSSR count). The summed E-state index contributed by atoms with van der Waals surface area (Å²) in [6.45, 7) is -1.12. The largest absolute Gasteiger partial charge is 0.359 e. The van der Waals surface area contributed by atoms with E-state index in [0.29, 0.717) is 16.3 Å². The number of pyridine rings is 1. The zero-order valence-electron chi connectivity index (χ0n) is 18.1. The van der Waals surface area contributed by atoms with Crippen LogP contribution in [-0.2, 0) is 23.8 Å². The van der Waals surface area contributed by atoms with Crippen molar-refractivity contribution in [3.8, 4) is 5.69 Å². The quantitative estimate of drug-likeness (QED) is 0.362. The van der Waals surface area contributed by atoms with E-state index in [-0.39, 0.29) is 18.9 Å². The van der Waals surface area contributed by atoms with Crippen LogP contribution >= 0.6 is 11.6 Å². The first-order valence-corrected chi connectivity index (χ1v) is 10.7. The molecule has 35 heavy (non-hydrogen) atoms. The molecule has 180 valence electrons. The van der Waals surface area contributed by atoms with Crippen molar-refractivity contribution in [2.24, 2.45) is 0 Å². The van der Waals surface area contributed by atoms with Gasteiger partial charge in [0.15, 0.2) is 5.82 Å². The minimum atomic E-state index is -3.33. The fraction of sp³-hybridized carbons (Fsp3) is 0.182. The summed E-state index contributed by atoms with van der Waals surface area (Å²) in [5, 5.41) is 9.62. The average molecular weight is 501 g/mol. The van der Waals surface area contributed by atoms with Crippen molar-refractivity contribution in [1.82, 2.24) is 34.6 Å². The van der Waals surface area contributed by atoms with Gasteiger partial charge in [0, 0.05) is 30.2 Å². The standard InChI is InChI=1S/C22H19ClF2N8O2/c23-16-4-5-17(33-14-26-13-31-33)15(9-16)10-29-19(34)11-32-8-7-28-20(21(32)35)30-12-22(24,25)18-3-1-2-6-27-18/h1-9,13-14H,10-12H2,(H,28,30)(H,29,34). The molecule has 0 aliphatic rings. The van der Waals surface area contributed by atoms with Crippen molar-refractivity contribution < 1.29 is 13.6 Å². The zero-order valence-corrected chi connectivity index (χ0v) is 18.9. The molecule has 0 aliphatic heterocycles. The second-order valence-corrected chi connectivity index (χ2v) is 7.81. The summed E-state index contributed by atoms with van der Waals surface area (Å²) in [5.74, 6) is -4.11. The van der Waals surface area contributed by atoms with Crippen LogP contribution in [0.15, 0.2) is 72.4 Å². The van der Waals surface area contributed by atoms with Crippen LogP contribution in [0.2, 0.25) is 5.02 Å². The monoisotopic (exact) mass is 500 g/mol. The number of nitrogens with zero attached hydrogens (tertiary/aromatic N) is 6. The molecule has 3 aromatic heterocycles. The van der Waals surface area contributed by atoms with Gasteiger partial charge in [-0.15, -0.1) is 0 Å². The number of hydrogen-bond acceptors (Lipinski definition) is 7. The Morgan fingerprint density at radius 3 is 2.74 bits per heavy atom. The average Bonchev–Trinajstić information content (AvgIpc) is 3.39. The Morgan fingerprint density at radius 1 is 1.14 bits per heavy atom. The van der Waals surface area contributed by atoms with Gasteiger partial charge in [-0.05, 0) is 35.9 Å². The summed E-state index contributed by atoms with van der Waals surface area (Å²) in [6.07, 6.45) is 6.69. The maximum absolute atomic E-state index is 14.4. The number of alkyl halides is 2. The van der Waals surface area contributed by atoms with Crippen molar-refractivity contribution in [2.75, 3.05) is 11.9 Å². The van der Waals surface area contributed by atoms with E-state index in [1.807, 2.05) is 0 Å². The van der Waals surface area contributed by atoms with Crippen molar-refractivity contribution >= 4 is 23.3 Å². The molecule has 4 aromatic rings. The second kappa shape index (κ2) is 10.4. The third kappa shape index (κ3) is 5.84. The Morgan fingerprint density at radius 2 is 2.00 bits per heavy atom. The summed E-state index contributed by atoms with van der Waals surface area (Å²) < 4.78 is 31.3. The molecule has 0 fully saturated rings. The minimum Gasteiger partial charge on any atom is -0.359 e. The topological polar surface area (TPSA) is 120 Å². The van der Waals surface area contributed by atoms with Gasteiger partial charge in [0.05, 0.1) is 12.2 Å². The van der Waals surface area contributed by atoms with Gasteiger partial charge in [0.25, 0.3) is 5.56 Å². The van der Waals surface area contributed by atoms with E-state index < -0.39 is 29.6 Å². The molecular weight excluding hydrogens is 482 g/mol. The Labute approximate surface area is 202 Å². The molecular formula is C22H19ClF2N8O2. The number of nitrogens with one attached hydrogen (secondary N) is 2. The van der Waals surface area contributed by atoms with E-state index >= 15 is 0 Å². The van der Waals surface area contributed by atoms with Gasteiger partial charge in [-0.2, -0.15) is 13.9 Å². The number of rotatable bonds is 9. The van der Waals surface area contributed by atoms with Crippen molar-refractivity contribution in [3.63, 3.8) is 0 Å². The normalized spacial score (nSPS) is 11.3. The third-order valence-electron chi connectivity index (χ3n) is 4.93. The summed E-state index contributed by atoms with van der Waals surface area (Å²) in [6, 6.07) is 9.27. The summed E-state index contributed by atoms with van der Waals surface area (Å²) in [4.78, 5) is 36.6. The number of aromatic nitrogens is 6. The third-order valence-corrected chi connectivity index (χ3v) is 5.16. The summed E-state index contributed by atoms with van der Waals surface area (Å²) in [7, 11) is 0. The first kappa shape index (κ1) is 24.0. The number of benzene rings is 1. The van der Waals surface area contributed by atoms with E-state index in [9.17, 15) is 18.4 Å². The highest BCUT2D eigenvalue weighted by atomic mass is 35.5. The Balaban J connectivity index is 1.41. The van der Waals surface area contributed by atoms with Crippen molar-refractivity contribution in [3.05, 3.63) is 94.3 Å². The highest BCUT2D eigenvalue weighted by Gasteiger charge is 2.33. The van der Waals surface area contributed by atoms with Gasteiger partial charge in [-0.25, -0.2) is 14.6 Å². The van der Waals surface area contributed by atoms with Crippen LogP contribution in [0.25, 0.3) is 5.69 Å². The lowest BCUT2D eigenvalue weighted by Crippen LogP contribution is -2.34. The molecule has 0 bridgehead atoms. The van der Waals surface area contributed by atoms with Gasteiger partial charge in [-0.1, -0.05) is 17.7 Å². The molecule has 1 amide bonds. The van der Waals surface area contributed by atoms with Crippen LogP contribution in [0.1, 0.15) is 11.3 Å². The van der Waals surface area contributed by atoms with Crippen LogP contribution in [-0.4, -0.2) is 41.8 Å². The van der Waals surface area contributed by atoms with Crippen LogP contribution in [0.5, 0.6) is 0 Å². The molecule has 0 spiro atoms. The van der Waals surface area contributed by atoms with Crippen LogP contribution < -0.4 is 16.2 Å². The highest BCUT2D eigenvalue weighted by molar-refractivity contribution is 6.30. The van der Waals surface area contributed by atoms with E-state index in [1.165, 1.54) is 54.1 Å². The number of hydrogen-bond donors (Lipinski definition) is 2. The maximum Gasteiger partial charge on any atom is 0.306 e. The van der Waals surface area contributed by atoms with Gasteiger partial charge in [0.2, 0.25) is 5.91 Å². The lowest BCUT2D eigenvalue weighted by Gasteiger charge is -2.17. The fourth-order valence-electron chi connectivity index (χ4n) is 3.21. The smallest absolute Gasteiger partial charge is 0.306 e. The molecule has 0 atom stereocenters. The molecule has 0 radical (unpaired) electrons. The van der Waals surface area contributed by atoms with E-state index in [4.69, 9.17) is 11.6 Å². The lowest BCUT2D eigenvalue weighted by atomic mass is 10.1. The molecule has 2 N–H and O–H groups in total.